The van der Waals surface area contributed by atoms with Gasteiger partial charge >= 0.3 is 29.6 Å². The molecule has 0 N–H and O–H groups in total. The molecule has 4 rings (SSSR count). The van der Waals surface area contributed by atoms with Gasteiger partial charge in [0.25, 0.3) is 5.56 Å². The molecule has 25 heavy (non-hydrogen) atoms. The Bertz CT molecular complexity index is 1000. The normalized spacial score (nSPS) is 15.4. The smallest absolute Gasteiger partial charge is 0.742 e. The molecule has 0 saturated carbocycles. The molecule has 0 spiro atoms. The third-order valence-electron chi connectivity index (χ3n) is 4.22. The molecule has 0 bridgehead atoms. The Morgan fingerprint density at radius 3 is 2.64 bits per heavy atom. The summed E-state index contributed by atoms with van der Waals surface area (Å²) in [5.41, 5.74) is 2.53. The summed E-state index contributed by atoms with van der Waals surface area (Å²) in [4.78, 5) is 21.9. The van der Waals surface area contributed by atoms with Gasteiger partial charge in [-0.2, -0.15) is 0 Å². The second-order valence-electron chi connectivity index (χ2n) is 6.56. The van der Waals surface area contributed by atoms with Crippen LogP contribution in [0.3, 0.4) is 0 Å². The van der Waals surface area contributed by atoms with Crippen molar-refractivity contribution in [3.05, 3.63) is 58.0 Å². The van der Waals surface area contributed by atoms with Crippen LogP contribution in [-0.2, 0) is 30.4 Å². The summed E-state index contributed by atoms with van der Waals surface area (Å²) in [6.45, 7) is 4.51. The van der Waals surface area contributed by atoms with Gasteiger partial charge in [0.2, 0.25) is 0 Å². The molecule has 5 nitrogen and oxygen atoms in total. The number of nitrogens with zero attached hydrogens (tertiary/aromatic N) is 3. The molecule has 7 heteroatoms. The molecule has 0 saturated heterocycles. The molecule has 0 unspecified atom stereocenters. The first-order chi connectivity index (χ1) is 11.4. The topological polar surface area (TPSA) is 57.0 Å². The summed E-state index contributed by atoms with van der Waals surface area (Å²) in [5, 5.41) is 0.687. The van der Waals surface area contributed by atoms with E-state index in [0.717, 1.165) is 11.3 Å². The minimum Gasteiger partial charge on any atom is -0.742 e. The van der Waals surface area contributed by atoms with Gasteiger partial charge in [-0.05, 0) is 37.2 Å². The molecule has 1 aliphatic rings. The first kappa shape index (κ1) is 18.5. The number of fused-ring (bicyclic) bond motifs is 2. The van der Waals surface area contributed by atoms with E-state index < -0.39 is 0 Å². The van der Waals surface area contributed by atoms with Crippen molar-refractivity contribution >= 4 is 23.7 Å². The van der Waals surface area contributed by atoms with E-state index in [1.165, 1.54) is 4.57 Å². The zero-order valence-electron chi connectivity index (χ0n) is 14.4. The van der Waals surface area contributed by atoms with E-state index in [2.05, 4.69) is 9.97 Å². The summed E-state index contributed by atoms with van der Waals surface area (Å²) < 4.78 is 7.27. The number of hydrogen-bond acceptors (Lipinski definition) is 5. The number of pyridine rings is 1. The van der Waals surface area contributed by atoms with Crippen LogP contribution in [0.15, 0.2) is 46.3 Å². The van der Waals surface area contributed by atoms with Gasteiger partial charge in [-0.3, -0.25) is 9.36 Å². The van der Waals surface area contributed by atoms with Crippen LogP contribution in [-0.4, -0.2) is 20.1 Å². The zero-order chi connectivity index (χ0) is 16.9. The molecule has 0 radical (unpaired) electrons. The fraction of sp³-hybridized carbons (Fsp3) is 0.278. The number of rotatable bonds is 1. The van der Waals surface area contributed by atoms with Crippen molar-refractivity contribution in [3.63, 3.8) is 0 Å². The number of ether oxygens (including phenoxy) is 1. The van der Waals surface area contributed by atoms with Crippen molar-refractivity contribution < 1.29 is 34.3 Å². The fourth-order valence-electron chi connectivity index (χ4n) is 2.98. The Morgan fingerprint density at radius 2 is 1.92 bits per heavy atom. The second kappa shape index (κ2) is 6.78. The van der Waals surface area contributed by atoms with Crippen molar-refractivity contribution in [2.45, 2.75) is 37.6 Å². The van der Waals surface area contributed by atoms with E-state index in [4.69, 9.17) is 17.4 Å². The van der Waals surface area contributed by atoms with Crippen molar-refractivity contribution in [1.29, 1.82) is 0 Å². The summed E-state index contributed by atoms with van der Waals surface area (Å²) in [7, 11) is 0. The molecule has 3 heterocycles. The fourth-order valence-corrected chi connectivity index (χ4v) is 3.26. The molecule has 3 aromatic rings. The van der Waals surface area contributed by atoms with Gasteiger partial charge in [0.05, 0.1) is 23.3 Å². The van der Waals surface area contributed by atoms with E-state index >= 15 is 0 Å². The van der Waals surface area contributed by atoms with Gasteiger partial charge < -0.3 is 17.4 Å². The Balaban J connectivity index is 0.00000182. The first-order valence-corrected chi connectivity index (χ1v) is 8.17. The third-order valence-corrected chi connectivity index (χ3v) is 4.50. The van der Waals surface area contributed by atoms with Crippen LogP contribution in [0, 0.1) is 0 Å². The monoisotopic (exact) mass is 361 g/mol. The molecule has 0 atom stereocenters. The van der Waals surface area contributed by atoms with E-state index in [9.17, 15) is 4.79 Å². The van der Waals surface area contributed by atoms with Crippen LogP contribution in [0.25, 0.3) is 16.7 Å². The zero-order valence-corrected chi connectivity index (χ0v) is 17.3. The standard InChI is InChI=1S/C18H17N3O2S.Na/c1-18(2)9-14-11(10-23-18)8-13-15(19-14)20-17(24)21(16(13)22)12-6-4-3-5-7-12;/h3-8H,9-10H2,1-2H3,(H,19,20,24);/q;+1/p-1. The van der Waals surface area contributed by atoms with Crippen molar-refractivity contribution in [1.82, 2.24) is 14.5 Å². The van der Waals surface area contributed by atoms with Gasteiger partial charge in [-0.15, -0.1) is 0 Å². The molecule has 0 fully saturated rings. The number of para-hydroxylation sites is 1. The third kappa shape index (κ3) is 3.37. The van der Waals surface area contributed by atoms with E-state index in [1.807, 2.05) is 50.2 Å². The van der Waals surface area contributed by atoms with Gasteiger partial charge in [-0.25, -0.2) is 9.97 Å². The number of benzene rings is 1. The minimum atomic E-state index is -0.260. The maximum Gasteiger partial charge on any atom is 1.00 e. The van der Waals surface area contributed by atoms with Crippen LogP contribution in [0.1, 0.15) is 25.1 Å². The maximum absolute atomic E-state index is 12.9. The predicted octanol–water partition coefficient (Wildman–Crippen LogP) is -0.458. The van der Waals surface area contributed by atoms with Crippen molar-refractivity contribution in [2.24, 2.45) is 0 Å². The van der Waals surface area contributed by atoms with Gasteiger partial charge in [0.1, 0.15) is 0 Å². The largest absolute Gasteiger partial charge is 1.00 e. The van der Waals surface area contributed by atoms with Crippen molar-refractivity contribution in [3.8, 4) is 5.69 Å². The quantitative estimate of drug-likeness (QED) is 0.334. The first-order valence-electron chi connectivity index (χ1n) is 7.76. The summed E-state index contributed by atoms with van der Waals surface area (Å²) in [6, 6.07) is 11.1. The molecule has 1 aromatic carbocycles. The number of aromatic nitrogens is 3. The van der Waals surface area contributed by atoms with E-state index in [1.54, 1.807) is 0 Å². The molecule has 0 aliphatic carbocycles. The second-order valence-corrected chi connectivity index (χ2v) is 6.93. The summed E-state index contributed by atoms with van der Waals surface area (Å²) in [5.74, 6) is 0. The minimum absolute atomic E-state index is 0. The average molecular weight is 361 g/mol. The van der Waals surface area contributed by atoms with Gasteiger partial charge in [0, 0.05) is 17.7 Å². The number of hydrogen-bond donors (Lipinski definition) is 0. The van der Waals surface area contributed by atoms with Crippen molar-refractivity contribution in [2.75, 3.05) is 0 Å². The Morgan fingerprint density at radius 1 is 1.20 bits per heavy atom. The molecule has 2 aromatic heterocycles. The van der Waals surface area contributed by atoms with Crippen LogP contribution < -0.4 is 35.1 Å². The Kier molecular flexibility index (Phi) is 5.01. The molecule has 1 aliphatic heterocycles. The molecular weight excluding hydrogens is 345 g/mol. The van der Waals surface area contributed by atoms with Gasteiger partial charge in [0.15, 0.2) is 5.65 Å². The Hall–Kier alpha value is -1.31. The molecular formula is C18H16N3NaO2S. The Labute approximate surface area is 173 Å². The SMILES string of the molecule is CC1(C)Cc2nc3nc([S-])n(-c4ccccc4)c(=O)c3cc2CO1.[Na+]. The van der Waals surface area contributed by atoms with Gasteiger partial charge in [-0.1, -0.05) is 18.2 Å². The maximum atomic E-state index is 12.9. The van der Waals surface area contributed by atoms with Crippen LogP contribution in [0.2, 0.25) is 0 Å². The van der Waals surface area contributed by atoms with E-state index in [-0.39, 0.29) is 45.9 Å². The summed E-state index contributed by atoms with van der Waals surface area (Å²) >= 11 is 5.34. The molecule has 122 valence electrons. The van der Waals surface area contributed by atoms with E-state index in [0.29, 0.717) is 29.7 Å². The summed E-state index contributed by atoms with van der Waals surface area (Å²) in [6.07, 6.45) is 0.689. The average Bonchev–Trinajstić information content (AvgIpc) is 2.54. The molecule has 0 amide bonds. The van der Waals surface area contributed by atoms with Crippen LogP contribution >= 0.6 is 0 Å². The van der Waals surface area contributed by atoms with Crippen LogP contribution in [0.5, 0.6) is 0 Å². The predicted molar refractivity (Wildman–Crippen MR) is 93.3 cm³/mol. The van der Waals surface area contributed by atoms with Crippen LogP contribution in [0.4, 0.5) is 0 Å².